The Morgan fingerprint density at radius 2 is 1.95 bits per heavy atom. The van der Waals surface area contributed by atoms with Gasteiger partial charge in [-0.1, -0.05) is 18.2 Å². The maximum Gasteiger partial charge on any atom is 0.231 e. The second kappa shape index (κ2) is 10.0. The number of hydrogen-bond donors (Lipinski definition) is 3. The third-order valence-corrected chi connectivity index (χ3v) is 6.73. The van der Waals surface area contributed by atoms with E-state index in [0.29, 0.717) is 49.0 Å². The molecule has 3 aromatic heterocycles. The number of para-hydroxylation sites is 2. The summed E-state index contributed by atoms with van der Waals surface area (Å²) in [5.74, 6) is 2.08. The summed E-state index contributed by atoms with van der Waals surface area (Å²) in [5, 5.41) is 6.76. The van der Waals surface area contributed by atoms with Crippen molar-refractivity contribution in [1.29, 1.82) is 0 Å². The van der Waals surface area contributed by atoms with Gasteiger partial charge in [0.1, 0.15) is 5.82 Å². The maximum atomic E-state index is 12.1. The predicted molar refractivity (Wildman–Crippen MR) is 149 cm³/mol. The third kappa shape index (κ3) is 4.82. The zero-order valence-electron chi connectivity index (χ0n) is 21.5. The molecule has 1 aliphatic heterocycles. The Labute approximate surface area is 219 Å². The Hall–Kier alpha value is -4.67. The molecule has 11 nitrogen and oxygen atoms in total. The number of H-pyrrole nitrogens is 1. The molecule has 0 radical (unpaired) electrons. The van der Waals surface area contributed by atoms with Crippen molar-refractivity contribution in [3.8, 4) is 0 Å². The molecule has 6 rings (SSSR count). The van der Waals surface area contributed by atoms with E-state index < -0.39 is 0 Å². The van der Waals surface area contributed by atoms with E-state index in [4.69, 9.17) is 9.97 Å². The normalized spacial score (nSPS) is 13.5. The molecule has 0 bridgehead atoms. The van der Waals surface area contributed by atoms with Crippen LogP contribution in [0.3, 0.4) is 0 Å². The van der Waals surface area contributed by atoms with Gasteiger partial charge < -0.3 is 30.0 Å². The van der Waals surface area contributed by atoms with Gasteiger partial charge in [0, 0.05) is 51.5 Å². The number of fused-ring (bicyclic) bond motifs is 2. The molecule has 5 aromatic rings. The minimum atomic E-state index is 0.209. The first-order valence-corrected chi connectivity index (χ1v) is 12.8. The predicted octanol–water partition coefficient (Wildman–Crippen LogP) is 3.75. The SMILES string of the molecule is CN(C)c1cccc(Nc2nc(NCc3nc4ccccc4[nH]3)c3ncn(CCN4CCCC4=O)c3n2)c1. The van der Waals surface area contributed by atoms with Crippen LogP contribution in [0.4, 0.5) is 23.1 Å². The van der Waals surface area contributed by atoms with Crippen LogP contribution in [0.2, 0.25) is 0 Å². The molecule has 1 amide bonds. The van der Waals surface area contributed by atoms with E-state index in [-0.39, 0.29) is 5.91 Å². The van der Waals surface area contributed by atoms with Gasteiger partial charge in [0.25, 0.3) is 0 Å². The number of aromatic nitrogens is 6. The number of likely N-dealkylation sites (tertiary alicyclic amines) is 1. The quantitative estimate of drug-likeness (QED) is 0.274. The fraction of sp³-hybridized carbons (Fsp3) is 0.296. The fourth-order valence-electron chi connectivity index (χ4n) is 4.70. The number of aromatic amines is 1. The highest BCUT2D eigenvalue weighted by atomic mass is 16.2. The van der Waals surface area contributed by atoms with Crippen LogP contribution in [0, 0.1) is 0 Å². The number of carbonyl (C=O) groups is 1. The summed E-state index contributed by atoms with van der Waals surface area (Å²) in [6.07, 6.45) is 3.31. The van der Waals surface area contributed by atoms with Gasteiger partial charge in [-0.15, -0.1) is 0 Å². The van der Waals surface area contributed by atoms with Gasteiger partial charge in [-0.2, -0.15) is 9.97 Å². The van der Waals surface area contributed by atoms with E-state index in [1.807, 2.05) is 77.0 Å². The highest BCUT2D eigenvalue weighted by molar-refractivity contribution is 5.85. The first-order valence-electron chi connectivity index (χ1n) is 12.8. The average molecular weight is 511 g/mol. The Morgan fingerprint density at radius 3 is 2.76 bits per heavy atom. The van der Waals surface area contributed by atoms with Crippen molar-refractivity contribution >= 4 is 51.2 Å². The van der Waals surface area contributed by atoms with Crippen LogP contribution < -0.4 is 15.5 Å². The summed E-state index contributed by atoms with van der Waals surface area (Å²) in [5.41, 5.74) is 5.22. The van der Waals surface area contributed by atoms with E-state index in [1.165, 1.54) is 0 Å². The fourth-order valence-corrected chi connectivity index (χ4v) is 4.70. The van der Waals surface area contributed by atoms with E-state index in [0.717, 1.165) is 41.2 Å². The molecule has 38 heavy (non-hydrogen) atoms. The lowest BCUT2D eigenvalue weighted by molar-refractivity contribution is -0.127. The molecule has 3 N–H and O–H groups in total. The van der Waals surface area contributed by atoms with Crippen molar-refractivity contribution in [2.45, 2.75) is 25.9 Å². The number of nitrogens with zero attached hydrogens (tertiary/aromatic N) is 7. The molecule has 1 aliphatic rings. The largest absolute Gasteiger partial charge is 0.378 e. The molecule has 0 spiro atoms. The first kappa shape index (κ1) is 23.7. The number of anilines is 4. The topological polar surface area (TPSA) is 120 Å². The molecule has 0 atom stereocenters. The number of amides is 1. The van der Waals surface area contributed by atoms with Gasteiger partial charge in [0.2, 0.25) is 11.9 Å². The van der Waals surface area contributed by atoms with Crippen LogP contribution in [0.1, 0.15) is 18.7 Å². The Kier molecular flexibility index (Phi) is 6.24. The van der Waals surface area contributed by atoms with Gasteiger partial charge in [0.05, 0.1) is 23.9 Å². The lowest BCUT2D eigenvalue weighted by Gasteiger charge is -2.16. The standard InChI is InChI=1S/C27H30N10O/c1-35(2)19-8-5-7-18(15-19)30-27-33-25(28-16-22-31-20-9-3-4-10-21(20)32-22)24-26(34-27)37(17-29-24)14-13-36-12-6-11-23(36)38/h3-5,7-10,15,17H,6,11-14,16H2,1-2H3,(H,31,32)(H2,28,30,33,34). The zero-order valence-corrected chi connectivity index (χ0v) is 21.5. The van der Waals surface area contributed by atoms with Crippen LogP contribution in [0.15, 0.2) is 54.9 Å². The number of benzene rings is 2. The first-order chi connectivity index (χ1) is 18.5. The summed E-state index contributed by atoms with van der Waals surface area (Å²) in [6.45, 7) is 2.49. The summed E-state index contributed by atoms with van der Waals surface area (Å²) in [7, 11) is 4.01. The van der Waals surface area contributed by atoms with Gasteiger partial charge in [-0.3, -0.25) is 4.79 Å². The summed E-state index contributed by atoms with van der Waals surface area (Å²) in [6, 6.07) is 16.0. The van der Waals surface area contributed by atoms with Crippen molar-refractivity contribution in [2.24, 2.45) is 0 Å². The summed E-state index contributed by atoms with van der Waals surface area (Å²) >= 11 is 0. The van der Waals surface area contributed by atoms with Crippen LogP contribution >= 0.6 is 0 Å². The number of hydrogen-bond acceptors (Lipinski definition) is 8. The average Bonchev–Trinajstić information content (AvgIpc) is 3.64. The van der Waals surface area contributed by atoms with Crippen LogP contribution in [0.5, 0.6) is 0 Å². The minimum Gasteiger partial charge on any atom is -0.378 e. The van der Waals surface area contributed by atoms with Gasteiger partial charge in [0.15, 0.2) is 17.0 Å². The van der Waals surface area contributed by atoms with Crippen molar-refractivity contribution in [3.63, 3.8) is 0 Å². The molecule has 0 saturated carbocycles. The Balaban J connectivity index is 1.31. The molecule has 0 aliphatic carbocycles. The van der Waals surface area contributed by atoms with Crippen LogP contribution in [-0.4, -0.2) is 67.5 Å². The zero-order chi connectivity index (χ0) is 26.1. The summed E-state index contributed by atoms with van der Waals surface area (Å²) in [4.78, 5) is 38.3. The van der Waals surface area contributed by atoms with E-state index in [9.17, 15) is 4.79 Å². The lowest BCUT2D eigenvalue weighted by atomic mass is 10.2. The molecule has 0 unspecified atom stereocenters. The molecule has 11 heteroatoms. The molecule has 1 fully saturated rings. The van der Waals surface area contributed by atoms with Gasteiger partial charge in [-0.25, -0.2) is 9.97 Å². The molecular weight excluding hydrogens is 480 g/mol. The van der Waals surface area contributed by atoms with Crippen molar-refractivity contribution in [2.75, 3.05) is 42.7 Å². The third-order valence-electron chi connectivity index (χ3n) is 6.73. The van der Waals surface area contributed by atoms with Crippen LogP contribution in [0.25, 0.3) is 22.2 Å². The summed E-state index contributed by atoms with van der Waals surface area (Å²) < 4.78 is 1.98. The van der Waals surface area contributed by atoms with Gasteiger partial charge >= 0.3 is 0 Å². The molecule has 1 saturated heterocycles. The monoisotopic (exact) mass is 510 g/mol. The maximum absolute atomic E-state index is 12.1. The number of rotatable bonds is 9. The van der Waals surface area contributed by atoms with Crippen LogP contribution in [-0.2, 0) is 17.9 Å². The molecular formula is C27H30N10O. The Bertz CT molecular complexity index is 1570. The van der Waals surface area contributed by atoms with Crippen molar-refractivity contribution in [3.05, 3.63) is 60.7 Å². The second-order valence-corrected chi connectivity index (χ2v) is 9.61. The molecule has 2 aromatic carbocycles. The van der Waals surface area contributed by atoms with Gasteiger partial charge in [-0.05, 0) is 36.8 Å². The highest BCUT2D eigenvalue weighted by Crippen LogP contribution is 2.25. The number of carbonyl (C=O) groups excluding carboxylic acids is 1. The van der Waals surface area contributed by atoms with E-state index in [1.54, 1.807) is 6.33 Å². The smallest absolute Gasteiger partial charge is 0.231 e. The Morgan fingerprint density at radius 1 is 1.05 bits per heavy atom. The number of imidazole rings is 2. The second-order valence-electron chi connectivity index (χ2n) is 9.61. The molecule has 4 heterocycles. The highest BCUT2D eigenvalue weighted by Gasteiger charge is 2.21. The molecule has 194 valence electrons. The number of nitrogens with one attached hydrogen (secondary N) is 3. The lowest BCUT2D eigenvalue weighted by Crippen LogP contribution is -2.28. The van der Waals surface area contributed by atoms with E-state index in [2.05, 4.69) is 25.6 Å². The minimum absolute atomic E-state index is 0.209. The van der Waals surface area contributed by atoms with Crippen molar-refractivity contribution in [1.82, 2.24) is 34.4 Å². The van der Waals surface area contributed by atoms with Crippen molar-refractivity contribution < 1.29 is 4.79 Å². The van der Waals surface area contributed by atoms with E-state index >= 15 is 0 Å².